The summed E-state index contributed by atoms with van der Waals surface area (Å²) in [7, 11) is 1.61. The number of hydrogen-bond acceptors (Lipinski definition) is 5. The molecule has 3 rings (SSSR count). The molecule has 0 spiro atoms. The molecule has 1 aromatic heterocycles. The molecule has 0 saturated carbocycles. The number of nitrogens with one attached hydrogen (secondary N) is 1. The first-order valence-corrected chi connectivity index (χ1v) is 9.15. The summed E-state index contributed by atoms with van der Waals surface area (Å²) in [6, 6.07) is 7.58. The molecule has 1 N–H and O–H groups in total. The number of aryl methyl sites for hydroxylation is 1. The molecular weight excluding hydrogens is 338 g/mol. The number of thiazole rings is 1. The molecule has 1 aliphatic rings. The van der Waals surface area contributed by atoms with E-state index in [1.807, 2.05) is 31.2 Å². The summed E-state index contributed by atoms with van der Waals surface area (Å²) in [5.41, 5.74) is 1.65. The number of carbonyl (C=O) groups excluding carboxylic acids is 2. The number of carbonyl (C=O) groups is 2. The molecule has 0 unspecified atom stereocenters. The van der Waals surface area contributed by atoms with Gasteiger partial charge in [-0.2, -0.15) is 0 Å². The third kappa shape index (κ3) is 3.66. The summed E-state index contributed by atoms with van der Waals surface area (Å²) in [4.78, 5) is 31.3. The fraction of sp³-hybridized carbons (Fsp3) is 0.389. The van der Waals surface area contributed by atoms with Crippen molar-refractivity contribution in [3.63, 3.8) is 0 Å². The molecule has 2 aromatic rings. The summed E-state index contributed by atoms with van der Waals surface area (Å²) in [5.74, 6) is 0.654. The zero-order valence-corrected chi connectivity index (χ0v) is 15.2. The topological polar surface area (TPSA) is 71.5 Å². The number of methoxy groups -OCH3 is 1. The van der Waals surface area contributed by atoms with Crippen LogP contribution in [0.1, 0.15) is 40.7 Å². The normalized spacial score (nSPS) is 14.0. The minimum Gasteiger partial charge on any atom is -0.496 e. The van der Waals surface area contributed by atoms with Gasteiger partial charge in [-0.05, 0) is 18.9 Å². The van der Waals surface area contributed by atoms with Crippen LogP contribution in [0, 0.1) is 0 Å². The van der Waals surface area contributed by atoms with Crippen molar-refractivity contribution in [1.82, 2.24) is 10.3 Å². The molecule has 7 heteroatoms. The first kappa shape index (κ1) is 17.4. The van der Waals surface area contributed by atoms with Gasteiger partial charge < -0.3 is 10.1 Å². The summed E-state index contributed by atoms with van der Waals surface area (Å²) >= 11 is 1.29. The van der Waals surface area contributed by atoms with Crippen LogP contribution in [-0.4, -0.2) is 30.5 Å². The lowest BCUT2D eigenvalue weighted by atomic mass is 10.2. The van der Waals surface area contributed by atoms with E-state index < -0.39 is 0 Å². The van der Waals surface area contributed by atoms with Gasteiger partial charge in [0.25, 0.3) is 5.91 Å². The highest BCUT2D eigenvalue weighted by molar-refractivity contribution is 7.17. The highest BCUT2D eigenvalue weighted by atomic mass is 32.1. The molecule has 0 atom stereocenters. The van der Waals surface area contributed by atoms with Crippen LogP contribution in [0.4, 0.5) is 5.13 Å². The summed E-state index contributed by atoms with van der Waals surface area (Å²) < 4.78 is 5.31. The van der Waals surface area contributed by atoms with Crippen molar-refractivity contribution in [3.05, 3.63) is 40.4 Å². The fourth-order valence-electron chi connectivity index (χ4n) is 2.83. The number of benzene rings is 1. The van der Waals surface area contributed by atoms with Crippen LogP contribution in [-0.2, 0) is 17.8 Å². The fourth-order valence-corrected chi connectivity index (χ4v) is 3.94. The van der Waals surface area contributed by atoms with Gasteiger partial charge >= 0.3 is 0 Å². The number of hydrogen-bond donors (Lipinski definition) is 1. The number of rotatable bonds is 6. The van der Waals surface area contributed by atoms with Gasteiger partial charge in [-0.1, -0.05) is 36.5 Å². The standard InChI is InChI=1S/C18H21N3O3S/c1-3-13-16(25-18(20-13)21-10-6-9-15(21)22)17(23)19-11-12-7-4-5-8-14(12)24-2/h4-5,7-8H,3,6,9-11H2,1-2H3,(H,19,23). The molecule has 6 nitrogen and oxygen atoms in total. The second-order valence-corrected chi connectivity index (χ2v) is 6.75. The second-order valence-electron chi connectivity index (χ2n) is 5.77. The van der Waals surface area contributed by atoms with E-state index in [9.17, 15) is 9.59 Å². The van der Waals surface area contributed by atoms with Gasteiger partial charge in [0, 0.05) is 25.1 Å². The minimum absolute atomic E-state index is 0.0809. The minimum atomic E-state index is -0.168. The van der Waals surface area contributed by atoms with Crippen LogP contribution >= 0.6 is 11.3 Å². The maximum atomic E-state index is 12.6. The van der Waals surface area contributed by atoms with E-state index in [-0.39, 0.29) is 11.8 Å². The van der Waals surface area contributed by atoms with Gasteiger partial charge in [0.1, 0.15) is 10.6 Å². The maximum absolute atomic E-state index is 12.6. The summed E-state index contributed by atoms with van der Waals surface area (Å²) in [6.07, 6.45) is 2.04. The van der Waals surface area contributed by atoms with Gasteiger partial charge in [-0.25, -0.2) is 4.98 Å². The van der Waals surface area contributed by atoms with Crippen LogP contribution in [0.5, 0.6) is 5.75 Å². The van der Waals surface area contributed by atoms with Crippen LogP contribution in [0.25, 0.3) is 0 Å². The molecule has 2 heterocycles. The van der Waals surface area contributed by atoms with E-state index in [4.69, 9.17) is 4.74 Å². The molecule has 0 aliphatic carbocycles. The number of anilines is 1. The lowest BCUT2D eigenvalue weighted by molar-refractivity contribution is -0.117. The zero-order chi connectivity index (χ0) is 17.8. The quantitative estimate of drug-likeness (QED) is 0.861. The Labute approximate surface area is 150 Å². The van der Waals surface area contributed by atoms with Crippen molar-refractivity contribution in [1.29, 1.82) is 0 Å². The third-order valence-corrected chi connectivity index (χ3v) is 5.28. The highest BCUT2D eigenvalue weighted by Gasteiger charge is 2.27. The van der Waals surface area contributed by atoms with Gasteiger partial charge in [-0.15, -0.1) is 0 Å². The molecule has 1 aromatic carbocycles. The largest absolute Gasteiger partial charge is 0.496 e. The molecule has 132 valence electrons. The second kappa shape index (κ2) is 7.65. The Morgan fingerprint density at radius 3 is 2.88 bits per heavy atom. The van der Waals surface area contributed by atoms with E-state index in [0.717, 1.165) is 23.4 Å². The lowest BCUT2D eigenvalue weighted by Gasteiger charge is -2.10. The third-order valence-electron chi connectivity index (χ3n) is 4.16. The van der Waals surface area contributed by atoms with Gasteiger partial charge in [0.05, 0.1) is 12.8 Å². The average molecular weight is 359 g/mol. The van der Waals surface area contributed by atoms with Crippen LogP contribution in [0.15, 0.2) is 24.3 Å². The number of ether oxygens (including phenoxy) is 1. The Morgan fingerprint density at radius 2 is 2.20 bits per heavy atom. The maximum Gasteiger partial charge on any atom is 0.263 e. The number of aromatic nitrogens is 1. The molecule has 0 radical (unpaired) electrons. The molecule has 25 heavy (non-hydrogen) atoms. The Balaban J connectivity index is 1.75. The number of para-hydroxylation sites is 1. The predicted molar refractivity (Wildman–Crippen MR) is 97.2 cm³/mol. The molecule has 0 bridgehead atoms. The van der Waals surface area contributed by atoms with Crippen LogP contribution < -0.4 is 15.0 Å². The molecule has 1 fully saturated rings. The lowest BCUT2D eigenvalue weighted by Crippen LogP contribution is -2.23. The van der Waals surface area contributed by atoms with E-state index in [1.165, 1.54) is 11.3 Å². The SMILES string of the molecule is CCc1nc(N2CCCC2=O)sc1C(=O)NCc1ccccc1OC. The Bertz CT molecular complexity index is 788. The number of amides is 2. The monoisotopic (exact) mass is 359 g/mol. The highest BCUT2D eigenvalue weighted by Crippen LogP contribution is 2.30. The van der Waals surface area contributed by atoms with E-state index in [2.05, 4.69) is 10.3 Å². The average Bonchev–Trinajstić information content (AvgIpc) is 3.25. The Hall–Kier alpha value is -2.41. The Kier molecular flexibility index (Phi) is 5.33. The molecule has 2 amide bonds. The van der Waals surface area contributed by atoms with Crippen molar-refractivity contribution >= 4 is 28.3 Å². The first-order valence-electron chi connectivity index (χ1n) is 8.34. The van der Waals surface area contributed by atoms with Crippen molar-refractivity contribution in [2.24, 2.45) is 0 Å². The smallest absolute Gasteiger partial charge is 0.263 e. The van der Waals surface area contributed by atoms with E-state index >= 15 is 0 Å². The van der Waals surface area contributed by atoms with Gasteiger partial charge in [0.2, 0.25) is 5.91 Å². The molecule has 1 saturated heterocycles. The van der Waals surface area contributed by atoms with E-state index in [0.29, 0.717) is 35.9 Å². The van der Waals surface area contributed by atoms with Crippen molar-refractivity contribution in [2.75, 3.05) is 18.6 Å². The van der Waals surface area contributed by atoms with Crippen molar-refractivity contribution in [2.45, 2.75) is 32.7 Å². The molecular formula is C18H21N3O3S. The predicted octanol–water partition coefficient (Wildman–Crippen LogP) is 2.77. The number of nitrogens with zero attached hydrogens (tertiary/aromatic N) is 2. The Morgan fingerprint density at radius 1 is 1.40 bits per heavy atom. The van der Waals surface area contributed by atoms with Crippen LogP contribution in [0.2, 0.25) is 0 Å². The van der Waals surface area contributed by atoms with Gasteiger partial charge in [0.15, 0.2) is 5.13 Å². The van der Waals surface area contributed by atoms with Gasteiger partial charge in [-0.3, -0.25) is 14.5 Å². The van der Waals surface area contributed by atoms with Crippen molar-refractivity contribution in [3.8, 4) is 5.75 Å². The van der Waals surface area contributed by atoms with E-state index in [1.54, 1.807) is 12.0 Å². The molecule has 1 aliphatic heterocycles. The summed E-state index contributed by atoms with van der Waals surface area (Å²) in [6.45, 7) is 3.02. The van der Waals surface area contributed by atoms with Crippen LogP contribution in [0.3, 0.4) is 0 Å². The van der Waals surface area contributed by atoms with Crippen molar-refractivity contribution < 1.29 is 14.3 Å². The first-order chi connectivity index (χ1) is 12.1. The zero-order valence-electron chi connectivity index (χ0n) is 14.4. The summed E-state index contributed by atoms with van der Waals surface area (Å²) in [5, 5.41) is 3.55.